The van der Waals surface area contributed by atoms with Crippen LogP contribution in [0.2, 0.25) is 5.02 Å². The maximum Gasteiger partial charge on any atom is 0.0554 e. The molecule has 1 nitrogen and oxygen atoms in total. The molecule has 0 amide bonds. The highest BCUT2D eigenvalue weighted by Crippen LogP contribution is 2.51. The number of nitrogens with one attached hydrogen (secondary N) is 1. The van der Waals surface area contributed by atoms with Crippen molar-refractivity contribution in [2.24, 2.45) is 5.92 Å². The monoisotopic (exact) mass is 417 g/mol. The van der Waals surface area contributed by atoms with Crippen LogP contribution in [0.1, 0.15) is 40.6 Å². The Hall–Kier alpha value is -2.16. The van der Waals surface area contributed by atoms with E-state index in [4.69, 9.17) is 11.6 Å². The molecule has 0 aromatic heterocycles. The minimum absolute atomic E-state index is 0.322. The largest absolute Gasteiger partial charge is 0.377 e. The number of rotatable bonds is 4. The van der Waals surface area contributed by atoms with Gasteiger partial charge in [0.05, 0.1) is 6.04 Å². The van der Waals surface area contributed by atoms with E-state index in [1.165, 1.54) is 32.8 Å². The Morgan fingerprint density at radius 3 is 2.62 bits per heavy atom. The Morgan fingerprint density at radius 1 is 1.03 bits per heavy atom. The van der Waals surface area contributed by atoms with Crippen LogP contribution in [0.15, 0.2) is 83.8 Å². The first kappa shape index (κ1) is 18.8. The molecule has 3 aromatic carbocycles. The van der Waals surface area contributed by atoms with Crippen LogP contribution in [-0.2, 0) is 5.75 Å². The second-order valence-corrected chi connectivity index (χ2v) is 9.49. The predicted molar refractivity (Wildman–Crippen MR) is 125 cm³/mol. The number of aryl methyl sites for hydroxylation is 1. The van der Waals surface area contributed by atoms with Crippen molar-refractivity contribution in [1.29, 1.82) is 0 Å². The molecule has 0 radical (unpaired) electrons. The molecule has 146 valence electrons. The average Bonchev–Trinajstić information content (AvgIpc) is 3.24. The fraction of sp³-hybridized carbons (Fsp3) is 0.231. The lowest BCUT2D eigenvalue weighted by Crippen LogP contribution is -2.29. The van der Waals surface area contributed by atoms with Gasteiger partial charge in [0.2, 0.25) is 0 Å². The molecular formula is C26H24ClNS. The van der Waals surface area contributed by atoms with E-state index in [1.807, 2.05) is 23.9 Å². The Labute approximate surface area is 182 Å². The van der Waals surface area contributed by atoms with Gasteiger partial charge in [0.15, 0.2) is 0 Å². The molecule has 0 saturated carbocycles. The number of benzene rings is 3. The highest BCUT2D eigenvalue weighted by atomic mass is 35.5. The molecule has 1 N–H and O–H groups in total. The lowest BCUT2D eigenvalue weighted by Gasteiger charge is -2.38. The summed E-state index contributed by atoms with van der Waals surface area (Å²) in [6, 6.07) is 24.1. The van der Waals surface area contributed by atoms with E-state index in [1.54, 1.807) is 0 Å². The van der Waals surface area contributed by atoms with Gasteiger partial charge < -0.3 is 5.32 Å². The van der Waals surface area contributed by atoms with Crippen LogP contribution in [0.3, 0.4) is 0 Å². The normalized spacial score (nSPS) is 22.1. The fourth-order valence-corrected chi connectivity index (χ4v) is 5.71. The van der Waals surface area contributed by atoms with Gasteiger partial charge in [-0.2, -0.15) is 0 Å². The second kappa shape index (κ2) is 7.93. The van der Waals surface area contributed by atoms with E-state index in [-0.39, 0.29) is 0 Å². The lowest BCUT2D eigenvalue weighted by molar-refractivity contribution is 0.425. The van der Waals surface area contributed by atoms with Gasteiger partial charge in [-0.1, -0.05) is 66.2 Å². The second-order valence-electron chi connectivity index (χ2n) is 8.01. The van der Waals surface area contributed by atoms with Gasteiger partial charge in [-0.05, 0) is 65.8 Å². The summed E-state index contributed by atoms with van der Waals surface area (Å²) in [5.74, 6) is 2.03. The van der Waals surface area contributed by atoms with E-state index < -0.39 is 0 Å². The molecule has 1 aliphatic carbocycles. The van der Waals surface area contributed by atoms with Crippen molar-refractivity contribution in [3.05, 3.63) is 106 Å². The Kier molecular flexibility index (Phi) is 5.15. The number of anilines is 1. The first-order chi connectivity index (χ1) is 14.2. The number of hydrogen-bond acceptors (Lipinski definition) is 2. The lowest BCUT2D eigenvalue weighted by atomic mass is 9.76. The van der Waals surface area contributed by atoms with Crippen molar-refractivity contribution in [2.75, 3.05) is 5.32 Å². The zero-order valence-corrected chi connectivity index (χ0v) is 18.0. The summed E-state index contributed by atoms with van der Waals surface area (Å²) in [4.78, 5) is 1.32. The molecule has 1 aliphatic heterocycles. The van der Waals surface area contributed by atoms with Gasteiger partial charge in [-0.3, -0.25) is 0 Å². The standard InChI is InChI=1S/C26H24ClNS/c1-17-14-18(16-29-21-6-3-2-4-7-21)15-24-22-8-5-9-23(22)26(28-25(17)24)19-10-12-20(27)13-11-19/h2-8,10-15,22-23,26,28H,9,16H2,1H3/t22-,23+,26+/m0/s1. The van der Waals surface area contributed by atoms with Crippen molar-refractivity contribution < 1.29 is 0 Å². The molecule has 29 heavy (non-hydrogen) atoms. The smallest absolute Gasteiger partial charge is 0.0554 e. The molecule has 5 rings (SSSR count). The van der Waals surface area contributed by atoms with Crippen LogP contribution in [-0.4, -0.2) is 0 Å². The van der Waals surface area contributed by atoms with Crippen molar-refractivity contribution in [1.82, 2.24) is 0 Å². The molecule has 2 aliphatic rings. The van der Waals surface area contributed by atoms with Gasteiger partial charge in [-0.25, -0.2) is 0 Å². The van der Waals surface area contributed by atoms with Crippen LogP contribution in [0.5, 0.6) is 0 Å². The maximum atomic E-state index is 6.12. The van der Waals surface area contributed by atoms with Crippen molar-refractivity contribution in [3.8, 4) is 0 Å². The Morgan fingerprint density at radius 2 is 1.83 bits per heavy atom. The van der Waals surface area contributed by atoms with Crippen LogP contribution in [0, 0.1) is 12.8 Å². The van der Waals surface area contributed by atoms with Crippen molar-refractivity contribution in [3.63, 3.8) is 0 Å². The van der Waals surface area contributed by atoms with E-state index >= 15 is 0 Å². The first-order valence-corrected chi connectivity index (χ1v) is 11.6. The summed E-state index contributed by atoms with van der Waals surface area (Å²) in [6.45, 7) is 2.24. The minimum atomic E-state index is 0.322. The van der Waals surface area contributed by atoms with E-state index in [2.05, 4.69) is 79.0 Å². The van der Waals surface area contributed by atoms with Crippen LogP contribution in [0.25, 0.3) is 0 Å². The topological polar surface area (TPSA) is 12.0 Å². The van der Waals surface area contributed by atoms with Crippen molar-refractivity contribution in [2.45, 2.75) is 36.0 Å². The zero-order chi connectivity index (χ0) is 19.8. The predicted octanol–water partition coefficient (Wildman–Crippen LogP) is 7.77. The average molecular weight is 418 g/mol. The molecule has 3 aromatic rings. The van der Waals surface area contributed by atoms with E-state index in [0.29, 0.717) is 17.9 Å². The molecule has 1 heterocycles. The molecule has 3 atom stereocenters. The van der Waals surface area contributed by atoms with Gasteiger partial charge in [-0.15, -0.1) is 11.8 Å². The highest BCUT2D eigenvalue weighted by Gasteiger charge is 2.38. The first-order valence-electron chi connectivity index (χ1n) is 10.2. The fourth-order valence-electron chi connectivity index (χ4n) is 4.73. The van der Waals surface area contributed by atoms with Gasteiger partial charge in [0, 0.05) is 27.3 Å². The summed E-state index contributed by atoms with van der Waals surface area (Å²) >= 11 is 8.03. The summed E-state index contributed by atoms with van der Waals surface area (Å²) in [6.07, 6.45) is 5.89. The molecule has 0 unspecified atom stereocenters. The highest BCUT2D eigenvalue weighted by molar-refractivity contribution is 7.98. The van der Waals surface area contributed by atoms with Crippen LogP contribution in [0.4, 0.5) is 5.69 Å². The molecule has 0 bridgehead atoms. The number of hydrogen-bond donors (Lipinski definition) is 1. The summed E-state index contributed by atoms with van der Waals surface area (Å²) in [5.41, 5.74) is 6.83. The summed E-state index contributed by atoms with van der Waals surface area (Å²) < 4.78 is 0. The third-order valence-electron chi connectivity index (χ3n) is 6.10. The number of halogens is 1. The minimum Gasteiger partial charge on any atom is -0.377 e. The van der Waals surface area contributed by atoms with Crippen LogP contribution >= 0.6 is 23.4 Å². The number of fused-ring (bicyclic) bond motifs is 3. The molecule has 3 heteroatoms. The Bertz CT molecular complexity index is 1040. The van der Waals surface area contributed by atoms with Gasteiger partial charge >= 0.3 is 0 Å². The zero-order valence-electron chi connectivity index (χ0n) is 16.4. The SMILES string of the molecule is Cc1cc(CSc2ccccc2)cc2c1N[C@H](c1ccc(Cl)cc1)[C@@H]1CC=C[C@H]21. The van der Waals surface area contributed by atoms with Gasteiger partial charge in [0.1, 0.15) is 0 Å². The third-order valence-corrected chi connectivity index (χ3v) is 7.44. The van der Waals surface area contributed by atoms with Crippen LogP contribution < -0.4 is 5.32 Å². The maximum absolute atomic E-state index is 6.12. The third kappa shape index (κ3) is 3.72. The molecular weight excluding hydrogens is 394 g/mol. The molecule has 0 saturated heterocycles. The summed E-state index contributed by atoms with van der Waals surface area (Å²) in [7, 11) is 0. The van der Waals surface area contributed by atoms with Crippen molar-refractivity contribution >= 4 is 29.1 Å². The Balaban J connectivity index is 1.46. The molecule has 0 spiro atoms. The summed E-state index contributed by atoms with van der Waals surface area (Å²) in [5, 5.41) is 4.68. The number of thioether (sulfide) groups is 1. The van der Waals surface area contributed by atoms with E-state index in [9.17, 15) is 0 Å². The van der Waals surface area contributed by atoms with Gasteiger partial charge in [0.25, 0.3) is 0 Å². The molecule has 0 fully saturated rings. The number of allylic oxidation sites excluding steroid dienone is 2. The van der Waals surface area contributed by atoms with E-state index in [0.717, 1.165) is 17.2 Å². The quantitative estimate of drug-likeness (QED) is 0.343.